The number of hydrogen-bond donors (Lipinski definition) is 3. The fraction of sp³-hybridized carbons (Fsp3) is 0.733. The van der Waals surface area contributed by atoms with E-state index in [1.807, 2.05) is 6.92 Å². The molecule has 5 atom stereocenters. The van der Waals surface area contributed by atoms with E-state index < -0.39 is 30.2 Å². The summed E-state index contributed by atoms with van der Waals surface area (Å²) in [6.45, 7) is 1.69. The molecule has 0 spiro atoms. The van der Waals surface area contributed by atoms with Crippen LogP contribution in [0.1, 0.15) is 19.8 Å². The summed E-state index contributed by atoms with van der Waals surface area (Å²) >= 11 is 0. The van der Waals surface area contributed by atoms with Gasteiger partial charge in [0.15, 0.2) is 17.8 Å². The summed E-state index contributed by atoms with van der Waals surface area (Å²) in [4.78, 5) is 26.7. The van der Waals surface area contributed by atoms with Gasteiger partial charge in [0.05, 0.1) is 6.61 Å². The van der Waals surface area contributed by atoms with Crippen LogP contribution in [-0.4, -0.2) is 89.4 Å². The van der Waals surface area contributed by atoms with Crippen LogP contribution >= 0.6 is 0 Å². The smallest absolute Gasteiger partial charge is 0.214 e. The molecule has 138 valence electrons. The third kappa shape index (κ3) is 2.79. The van der Waals surface area contributed by atoms with Crippen molar-refractivity contribution < 1.29 is 24.5 Å². The van der Waals surface area contributed by atoms with Crippen molar-refractivity contribution in [2.75, 3.05) is 20.4 Å². The molecule has 0 amide bonds. The lowest BCUT2D eigenvalue weighted by Crippen LogP contribution is -2.59. The normalized spacial score (nSPS) is 37.1. The van der Waals surface area contributed by atoms with Crippen LogP contribution in [0, 0.1) is 0 Å². The van der Waals surface area contributed by atoms with Gasteiger partial charge in [-0.2, -0.15) is 0 Å². The summed E-state index contributed by atoms with van der Waals surface area (Å²) in [5, 5.41) is 19.6. The number of rotatable bonds is 6. The highest BCUT2D eigenvalue weighted by Gasteiger charge is 2.52. The number of fused-ring (bicyclic) bond motifs is 1. The lowest BCUT2D eigenvalue weighted by molar-refractivity contribution is -0.121. The first-order valence-electron chi connectivity index (χ1n) is 8.20. The minimum Gasteiger partial charge on any atom is -0.394 e. The highest BCUT2D eigenvalue weighted by atomic mass is 16.6. The van der Waals surface area contributed by atoms with Crippen molar-refractivity contribution in [1.82, 2.24) is 4.90 Å². The number of carbonyl (C=O) groups is 1. The first-order chi connectivity index (χ1) is 12.0. The van der Waals surface area contributed by atoms with Crippen LogP contribution in [0.15, 0.2) is 15.0 Å². The molecule has 0 bridgehead atoms. The zero-order valence-electron chi connectivity index (χ0n) is 14.2. The van der Waals surface area contributed by atoms with Gasteiger partial charge in [0, 0.05) is 13.5 Å². The van der Waals surface area contributed by atoms with Gasteiger partial charge in [0.2, 0.25) is 5.66 Å². The number of ketones is 1. The maximum atomic E-state index is 12.4. The molecule has 0 radical (unpaired) electrons. The molecule has 10 heteroatoms. The fourth-order valence-electron chi connectivity index (χ4n) is 3.28. The van der Waals surface area contributed by atoms with E-state index in [-0.39, 0.29) is 31.2 Å². The molecule has 3 rings (SSSR count). The summed E-state index contributed by atoms with van der Waals surface area (Å²) < 4.78 is 11.0. The molecule has 10 nitrogen and oxygen atoms in total. The van der Waals surface area contributed by atoms with Crippen LogP contribution in [0.5, 0.6) is 0 Å². The van der Waals surface area contributed by atoms with Crippen molar-refractivity contribution in [2.24, 2.45) is 20.7 Å². The molecule has 3 aliphatic heterocycles. The quantitative estimate of drug-likeness (QED) is 0.514. The van der Waals surface area contributed by atoms with Crippen molar-refractivity contribution in [2.45, 2.75) is 50.0 Å². The Balaban J connectivity index is 1.86. The Kier molecular flexibility index (Phi) is 4.98. The molecular formula is C15H23N5O5. The molecule has 1 fully saturated rings. The van der Waals surface area contributed by atoms with Crippen LogP contribution in [0.25, 0.3) is 0 Å². The average Bonchev–Trinajstić information content (AvgIpc) is 3.16. The van der Waals surface area contributed by atoms with Gasteiger partial charge in [-0.1, -0.05) is 6.92 Å². The number of amidine groups is 1. The number of nitrogens with zero attached hydrogens (tertiary/aromatic N) is 4. The van der Waals surface area contributed by atoms with Crippen molar-refractivity contribution in [3.8, 4) is 0 Å². The molecule has 0 saturated carbocycles. The second kappa shape index (κ2) is 6.89. The zero-order valence-corrected chi connectivity index (χ0v) is 14.2. The van der Waals surface area contributed by atoms with Gasteiger partial charge in [-0.25, -0.2) is 9.98 Å². The lowest BCUT2D eigenvalue weighted by Gasteiger charge is -2.32. The van der Waals surface area contributed by atoms with E-state index in [0.717, 1.165) is 0 Å². The van der Waals surface area contributed by atoms with Crippen molar-refractivity contribution >= 4 is 23.7 Å². The predicted octanol–water partition coefficient (Wildman–Crippen LogP) is -1.74. The van der Waals surface area contributed by atoms with E-state index in [9.17, 15) is 15.0 Å². The largest absolute Gasteiger partial charge is 0.394 e. The molecule has 0 aromatic heterocycles. The molecular weight excluding hydrogens is 330 g/mol. The zero-order chi connectivity index (χ0) is 18.2. The van der Waals surface area contributed by atoms with Crippen LogP contribution in [-0.2, 0) is 14.3 Å². The predicted molar refractivity (Wildman–Crippen MR) is 89.5 cm³/mol. The highest BCUT2D eigenvalue weighted by molar-refractivity contribution is 6.51. The first kappa shape index (κ1) is 18.1. The summed E-state index contributed by atoms with van der Waals surface area (Å²) in [6, 6.07) is 0. The number of ether oxygens (including phenoxy) is 2. The second-order valence-electron chi connectivity index (χ2n) is 6.19. The third-order valence-electron chi connectivity index (χ3n) is 4.64. The van der Waals surface area contributed by atoms with E-state index in [1.165, 1.54) is 13.4 Å². The number of nitrogens with two attached hydrogens (primary N) is 1. The molecule has 4 N–H and O–H groups in total. The minimum atomic E-state index is -1.56. The Hall–Kier alpha value is -1.72. The molecule has 0 aromatic rings. The van der Waals surface area contributed by atoms with Gasteiger partial charge in [-0.15, -0.1) is 0 Å². The highest BCUT2D eigenvalue weighted by Crippen LogP contribution is 2.30. The Morgan fingerprint density at radius 2 is 2.36 bits per heavy atom. The van der Waals surface area contributed by atoms with Crippen LogP contribution in [0.2, 0.25) is 0 Å². The van der Waals surface area contributed by atoms with E-state index in [4.69, 9.17) is 15.2 Å². The van der Waals surface area contributed by atoms with Gasteiger partial charge >= 0.3 is 0 Å². The number of aliphatic imine (C=N–C) groups is 3. The number of carbonyl (C=O) groups excluding carboxylic acids is 1. The molecule has 1 saturated heterocycles. The van der Waals surface area contributed by atoms with E-state index in [1.54, 1.807) is 4.90 Å². The van der Waals surface area contributed by atoms with Crippen molar-refractivity contribution in [1.29, 1.82) is 0 Å². The summed E-state index contributed by atoms with van der Waals surface area (Å²) in [7, 11) is 1.45. The molecule has 3 aliphatic rings. The average molecular weight is 353 g/mol. The number of methoxy groups -OCH3 is 1. The Morgan fingerprint density at radius 3 is 3.00 bits per heavy atom. The molecule has 1 unspecified atom stereocenters. The summed E-state index contributed by atoms with van der Waals surface area (Å²) in [6.07, 6.45) is -1.00. The molecule has 3 heterocycles. The maximum Gasteiger partial charge on any atom is 0.214 e. The van der Waals surface area contributed by atoms with Gasteiger partial charge in [-0.3, -0.25) is 15.5 Å². The third-order valence-corrected chi connectivity index (χ3v) is 4.64. The first-order valence-corrected chi connectivity index (χ1v) is 8.20. The van der Waals surface area contributed by atoms with Crippen LogP contribution in [0.4, 0.5) is 0 Å². The summed E-state index contributed by atoms with van der Waals surface area (Å²) in [5.74, 6) is 0.142. The fourth-order valence-corrected chi connectivity index (χ4v) is 3.28. The molecule has 0 aromatic carbocycles. The Labute approximate surface area is 145 Å². The molecule has 25 heavy (non-hydrogen) atoms. The van der Waals surface area contributed by atoms with E-state index >= 15 is 0 Å². The van der Waals surface area contributed by atoms with Gasteiger partial charge in [0.1, 0.15) is 37.0 Å². The van der Waals surface area contributed by atoms with E-state index in [0.29, 0.717) is 12.3 Å². The van der Waals surface area contributed by atoms with Crippen LogP contribution in [0.3, 0.4) is 0 Å². The number of Topliss-reactive ketones (excluding diaryl/α,β-unsaturated/α-hetero) is 1. The van der Waals surface area contributed by atoms with Crippen molar-refractivity contribution in [3.63, 3.8) is 0 Å². The maximum absolute atomic E-state index is 12.4. The van der Waals surface area contributed by atoms with Crippen LogP contribution < -0.4 is 5.73 Å². The van der Waals surface area contributed by atoms with Crippen molar-refractivity contribution in [3.05, 3.63) is 0 Å². The second-order valence-corrected chi connectivity index (χ2v) is 6.19. The Morgan fingerprint density at radius 1 is 1.60 bits per heavy atom. The number of aliphatic hydroxyl groups excluding tert-OH is 2. The standard InChI is InChI=1S/C15H23N5O5/c1-3-4-9(22)15(16)12-13(17-6-19-15)20(7-18-12)14-11(24-2)10(23)8(5-21)25-14/h6,8,10-11,14,21,23H,3-5,7,16H2,1-2H3/t8-,10-,11-,14-,15?/m1/s1. The number of aliphatic hydroxyl groups is 2. The van der Waals surface area contributed by atoms with Gasteiger partial charge < -0.3 is 24.6 Å². The van der Waals surface area contributed by atoms with E-state index in [2.05, 4.69) is 15.0 Å². The molecule has 0 aliphatic carbocycles. The number of hydrogen-bond acceptors (Lipinski definition) is 10. The monoisotopic (exact) mass is 353 g/mol. The minimum absolute atomic E-state index is 0.144. The topological polar surface area (TPSA) is 142 Å². The Bertz CT molecular complexity index is 636. The SMILES string of the molecule is CCCC(=O)C1(N)N=CN=C2C1=NCN2[C@@H]1O[C@H](CO)[C@@H](O)[C@H]1OC. The van der Waals surface area contributed by atoms with Gasteiger partial charge in [-0.05, 0) is 6.42 Å². The lowest BCUT2D eigenvalue weighted by atomic mass is 9.95. The summed E-state index contributed by atoms with van der Waals surface area (Å²) in [5.41, 5.74) is 4.96. The van der Waals surface area contributed by atoms with Gasteiger partial charge in [0.25, 0.3) is 0 Å².